The van der Waals surface area contributed by atoms with Gasteiger partial charge in [0.05, 0.1) is 5.41 Å². The molecule has 1 aromatic carbocycles. The van der Waals surface area contributed by atoms with Gasteiger partial charge in [0, 0.05) is 18.7 Å². The molecule has 0 aliphatic carbocycles. The minimum absolute atomic E-state index is 0.230. The minimum Gasteiger partial charge on any atom is -0.444 e. The lowest BCUT2D eigenvalue weighted by molar-refractivity contribution is -0.125. The summed E-state index contributed by atoms with van der Waals surface area (Å²) in [6, 6.07) is 6.19. The molecule has 0 aliphatic heterocycles. The number of ether oxygens (including phenoxy) is 1. The first-order valence-electron chi connectivity index (χ1n) is 7.54. The summed E-state index contributed by atoms with van der Waals surface area (Å²) >= 11 is 0. The fourth-order valence-electron chi connectivity index (χ4n) is 1.97. The van der Waals surface area contributed by atoms with Crippen LogP contribution in [-0.2, 0) is 14.9 Å². The van der Waals surface area contributed by atoms with E-state index in [4.69, 9.17) is 4.74 Å². The zero-order chi connectivity index (χ0) is 17.7. The molecule has 0 aliphatic rings. The second-order valence-corrected chi connectivity index (χ2v) is 6.79. The van der Waals surface area contributed by atoms with Crippen LogP contribution >= 0.6 is 0 Å². The van der Waals surface area contributed by atoms with E-state index in [9.17, 15) is 14.0 Å². The SMILES string of the molecule is CC(C)(C)OC(=O)NCCNC(=O)C(C)(C)c1ccccc1F. The lowest BCUT2D eigenvalue weighted by Gasteiger charge is -2.25. The van der Waals surface area contributed by atoms with Gasteiger partial charge in [0.2, 0.25) is 5.91 Å². The van der Waals surface area contributed by atoms with Gasteiger partial charge in [-0.1, -0.05) is 18.2 Å². The maximum atomic E-state index is 13.8. The van der Waals surface area contributed by atoms with Gasteiger partial charge in [-0.05, 0) is 40.7 Å². The molecule has 1 aromatic rings. The molecule has 128 valence electrons. The molecular formula is C17H25FN2O3. The minimum atomic E-state index is -1.00. The lowest BCUT2D eigenvalue weighted by atomic mass is 9.83. The standard InChI is InChI=1S/C17H25FN2O3/c1-16(2,3)23-15(22)20-11-10-19-14(21)17(4,5)12-8-6-7-9-13(12)18/h6-9H,10-11H2,1-5H3,(H,19,21)(H,20,22). The summed E-state index contributed by atoms with van der Waals surface area (Å²) in [5.41, 5.74) is -1.24. The average Bonchev–Trinajstić information content (AvgIpc) is 2.41. The van der Waals surface area contributed by atoms with Crippen LogP contribution in [0.25, 0.3) is 0 Å². The van der Waals surface area contributed by atoms with E-state index in [1.165, 1.54) is 6.07 Å². The van der Waals surface area contributed by atoms with Crippen molar-refractivity contribution in [3.8, 4) is 0 Å². The molecule has 0 aromatic heterocycles. The Balaban J connectivity index is 2.48. The molecule has 0 saturated carbocycles. The Bertz CT molecular complexity index is 565. The normalized spacial score (nSPS) is 11.7. The molecule has 2 amide bonds. The Morgan fingerprint density at radius 2 is 1.61 bits per heavy atom. The number of nitrogens with one attached hydrogen (secondary N) is 2. The number of rotatable bonds is 5. The predicted molar refractivity (Wildman–Crippen MR) is 86.7 cm³/mol. The number of carbonyl (C=O) groups excluding carboxylic acids is 2. The largest absolute Gasteiger partial charge is 0.444 e. The van der Waals surface area contributed by atoms with Gasteiger partial charge in [-0.3, -0.25) is 4.79 Å². The van der Waals surface area contributed by atoms with Crippen LogP contribution in [0, 0.1) is 5.82 Å². The van der Waals surface area contributed by atoms with Crippen LogP contribution in [0.1, 0.15) is 40.2 Å². The molecule has 0 bridgehead atoms. The summed E-state index contributed by atoms with van der Waals surface area (Å²) in [4.78, 5) is 23.7. The number of alkyl carbamates (subject to hydrolysis) is 1. The van der Waals surface area contributed by atoms with Crippen LogP contribution in [0.4, 0.5) is 9.18 Å². The van der Waals surface area contributed by atoms with E-state index in [0.717, 1.165) is 0 Å². The summed E-state index contributed by atoms with van der Waals surface area (Å²) in [5, 5.41) is 5.24. The van der Waals surface area contributed by atoms with E-state index in [1.807, 2.05) is 0 Å². The molecule has 0 spiro atoms. The molecule has 0 radical (unpaired) electrons. The number of halogens is 1. The number of benzene rings is 1. The van der Waals surface area contributed by atoms with Crippen LogP contribution in [0.3, 0.4) is 0 Å². The molecule has 1 rings (SSSR count). The van der Waals surface area contributed by atoms with Crippen molar-refractivity contribution < 1.29 is 18.7 Å². The van der Waals surface area contributed by atoms with E-state index < -0.39 is 22.9 Å². The Morgan fingerprint density at radius 3 is 2.17 bits per heavy atom. The van der Waals surface area contributed by atoms with Gasteiger partial charge in [0.15, 0.2) is 0 Å². The number of hydrogen-bond acceptors (Lipinski definition) is 3. The number of hydrogen-bond donors (Lipinski definition) is 2. The molecule has 0 heterocycles. The zero-order valence-electron chi connectivity index (χ0n) is 14.3. The van der Waals surface area contributed by atoms with E-state index in [2.05, 4.69) is 10.6 Å². The topological polar surface area (TPSA) is 67.4 Å². The number of carbonyl (C=O) groups is 2. The van der Waals surface area contributed by atoms with Gasteiger partial charge in [-0.2, -0.15) is 0 Å². The lowest BCUT2D eigenvalue weighted by Crippen LogP contribution is -2.44. The van der Waals surface area contributed by atoms with Crippen LogP contribution in [0.15, 0.2) is 24.3 Å². The van der Waals surface area contributed by atoms with Gasteiger partial charge >= 0.3 is 6.09 Å². The Labute approximate surface area is 136 Å². The molecular weight excluding hydrogens is 299 g/mol. The third-order valence-electron chi connectivity index (χ3n) is 3.19. The third-order valence-corrected chi connectivity index (χ3v) is 3.19. The zero-order valence-corrected chi connectivity index (χ0v) is 14.3. The summed E-state index contributed by atoms with van der Waals surface area (Å²) in [5.74, 6) is -0.729. The van der Waals surface area contributed by atoms with Crippen molar-refractivity contribution in [2.45, 2.75) is 45.6 Å². The van der Waals surface area contributed by atoms with E-state index >= 15 is 0 Å². The highest BCUT2D eigenvalue weighted by molar-refractivity contribution is 5.87. The molecule has 0 unspecified atom stereocenters. The summed E-state index contributed by atoms with van der Waals surface area (Å²) < 4.78 is 18.9. The van der Waals surface area contributed by atoms with Gasteiger partial charge in [0.1, 0.15) is 11.4 Å². The quantitative estimate of drug-likeness (QED) is 0.818. The molecule has 2 N–H and O–H groups in total. The van der Waals surface area contributed by atoms with Gasteiger partial charge in [-0.15, -0.1) is 0 Å². The fourth-order valence-corrected chi connectivity index (χ4v) is 1.97. The molecule has 5 nitrogen and oxygen atoms in total. The second-order valence-electron chi connectivity index (χ2n) is 6.79. The van der Waals surface area contributed by atoms with Crippen molar-refractivity contribution in [2.24, 2.45) is 0 Å². The Hall–Kier alpha value is -2.11. The predicted octanol–water partition coefficient (Wildman–Crippen LogP) is 2.74. The van der Waals surface area contributed by atoms with Gasteiger partial charge < -0.3 is 15.4 Å². The van der Waals surface area contributed by atoms with Crippen molar-refractivity contribution in [2.75, 3.05) is 13.1 Å². The Morgan fingerprint density at radius 1 is 1.04 bits per heavy atom. The molecule has 6 heteroatoms. The maximum Gasteiger partial charge on any atom is 0.407 e. The van der Waals surface area contributed by atoms with E-state index in [0.29, 0.717) is 5.56 Å². The highest BCUT2D eigenvalue weighted by Gasteiger charge is 2.31. The van der Waals surface area contributed by atoms with E-state index in [1.54, 1.807) is 52.8 Å². The van der Waals surface area contributed by atoms with Crippen molar-refractivity contribution in [1.82, 2.24) is 10.6 Å². The first-order valence-corrected chi connectivity index (χ1v) is 7.54. The summed E-state index contributed by atoms with van der Waals surface area (Å²) in [6.45, 7) is 9.08. The summed E-state index contributed by atoms with van der Waals surface area (Å²) in [6.07, 6.45) is -0.542. The van der Waals surface area contributed by atoms with Crippen molar-refractivity contribution >= 4 is 12.0 Å². The first-order chi connectivity index (χ1) is 10.5. The van der Waals surface area contributed by atoms with Crippen LogP contribution in [0.2, 0.25) is 0 Å². The van der Waals surface area contributed by atoms with Crippen molar-refractivity contribution in [3.05, 3.63) is 35.6 Å². The highest BCUT2D eigenvalue weighted by Crippen LogP contribution is 2.25. The highest BCUT2D eigenvalue weighted by atomic mass is 19.1. The monoisotopic (exact) mass is 324 g/mol. The summed E-state index contributed by atoms with van der Waals surface area (Å²) in [7, 11) is 0. The third kappa shape index (κ3) is 5.88. The smallest absolute Gasteiger partial charge is 0.407 e. The first kappa shape index (κ1) is 18.9. The molecule has 23 heavy (non-hydrogen) atoms. The van der Waals surface area contributed by atoms with Crippen LogP contribution in [0.5, 0.6) is 0 Å². The van der Waals surface area contributed by atoms with Crippen LogP contribution < -0.4 is 10.6 Å². The van der Waals surface area contributed by atoms with Crippen molar-refractivity contribution in [3.63, 3.8) is 0 Å². The molecule has 0 fully saturated rings. The average molecular weight is 324 g/mol. The second kappa shape index (κ2) is 7.44. The fraction of sp³-hybridized carbons (Fsp3) is 0.529. The van der Waals surface area contributed by atoms with Crippen molar-refractivity contribution in [1.29, 1.82) is 0 Å². The van der Waals surface area contributed by atoms with Gasteiger partial charge in [-0.25, -0.2) is 9.18 Å². The van der Waals surface area contributed by atoms with E-state index in [-0.39, 0.29) is 19.0 Å². The Kier molecular flexibility index (Phi) is 6.12. The number of amides is 2. The molecule has 0 saturated heterocycles. The van der Waals surface area contributed by atoms with Gasteiger partial charge in [0.25, 0.3) is 0 Å². The maximum absolute atomic E-state index is 13.8. The van der Waals surface area contributed by atoms with Crippen LogP contribution in [-0.4, -0.2) is 30.7 Å². The molecule has 0 atom stereocenters.